The van der Waals surface area contributed by atoms with Gasteiger partial charge in [-0.1, -0.05) is 0 Å². The van der Waals surface area contributed by atoms with Gasteiger partial charge in [0.15, 0.2) is 0 Å². The number of alkyl halides is 1. The normalized spacial score (nSPS) is 4.11. The van der Waals surface area contributed by atoms with Crippen molar-refractivity contribution in [2.24, 2.45) is 0 Å². The largest absolute Gasteiger partial charge is 0.480 e. The molecule has 2 nitrogen and oxygen atoms in total. The van der Waals surface area contributed by atoms with E-state index in [0.29, 0.717) is 0 Å². The fraction of sp³-hybridized carbons (Fsp3) is 0.500. The topological polar surface area (TPSA) is 37.3 Å². The molecule has 7 heteroatoms. The molecule has 0 atom stereocenters. The Labute approximate surface area is 79.1 Å². The van der Waals surface area contributed by atoms with Crippen molar-refractivity contribution in [3.05, 3.63) is 0 Å². The summed E-state index contributed by atoms with van der Waals surface area (Å²) < 4.78 is 0. The van der Waals surface area contributed by atoms with Gasteiger partial charge in [-0.05, 0) is 0 Å². The van der Waals surface area contributed by atoms with Gasteiger partial charge < -0.3 is 5.11 Å². The monoisotopic (exact) mass is 216 g/mol. The average molecular weight is 218 g/mol. The van der Waals surface area contributed by atoms with Crippen molar-refractivity contribution < 1.29 is 9.90 Å². The van der Waals surface area contributed by atoms with E-state index in [2.05, 4.69) is 0 Å². The Hall–Kier alpha value is 0.695. The first-order valence-electron chi connectivity index (χ1n) is 1.05. The van der Waals surface area contributed by atoms with E-state index in [1.54, 1.807) is 0 Å². The first-order chi connectivity index (χ1) is 2.27. The molecule has 0 aromatic heterocycles. The van der Waals surface area contributed by atoms with Gasteiger partial charge in [0.25, 0.3) is 0 Å². The van der Waals surface area contributed by atoms with E-state index in [0.717, 1.165) is 0 Å². The van der Waals surface area contributed by atoms with E-state index >= 15 is 0 Å². The number of hydrogen-bond donors (Lipinski definition) is 1. The van der Waals surface area contributed by atoms with Crippen molar-refractivity contribution in [1.29, 1.82) is 0 Å². The van der Waals surface area contributed by atoms with Crippen molar-refractivity contribution in [2.45, 2.75) is 0 Å². The van der Waals surface area contributed by atoms with E-state index in [-0.39, 0.29) is 51.5 Å². The van der Waals surface area contributed by atoms with Crippen molar-refractivity contribution in [1.82, 2.24) is 0 Å². The Morgan fingerprint density at radius 1 is 1.33 bits per heavy atom. The van der Waals surface area contributed by atoms with Crippen LogP contribution >= 0.6 is 48.8 Å². The molecule has 0 radical (unpaired) electrons. The molecule has 0 spiro atoms. The summed E-state index contributed by atoms with van der Waals surface area (Å²) in [5.41, 5.74) is 0. The minimum Gasteiger partial charge on any atom is -0.480 e. The lowest BCUT2D eigenvalue weighted by Gasteiger charge is -1.69. The van der Waals surface area contributed by atoms with Gasteiger partial charge in [-0.2, -0.15) is 0 Å². The van der Waals surface area contributed by atoms with Crippen LogP contribution in [0.1, 0.15) is 0 Å². The zero-order valence-corrected chi connectivity index (χ0v) is 6.87. The number of halogens is 4. The second-order valence-corrected chi connectivity index (χ2v) is 0.795. The molecule has 0 fully saturated rings. The second kappa shape index (κ2) is 23.4. The number of carboxylic acid groups (broad SMARTS) is 1. The number of carbonyl (C=O) groups is 1. The number of hydrogen-bond acceptors (Lipinski definition) is 1. The van der Waals surface area contributed by atoms with E-state index < -0.39 is 5.97 Å². The number of aliphatic carboxylic acids is 1. The molecule has 0 aromatic carbocycles. The van der Waals surface area contributed by atoms with Crippen LogP contribution in [0.3, 0.4) is 0 Å². The molecule has 0 aliphatic heterocycles. The summed E-state index contributed by atoms with van der Waals surface area (Å²) in [6.07, 6.45) is 0. The van der Waals surface area contributed by atoms with E-state index in [4.69, 9.17) is 16.7 Å². The van der Waals surface area contributed by atoms with Gasteiger partial charge in [0.2, 0.25) is 0 Å². The summed E-state index contributed by atoms with van der Waals surface area (Å²) in [6, 6.07) is 0. The molecule has 9 heavy (non-hydrogen) atoms. The van der Waals surface area contributed by atoms with Gasteiger partial charge in [-0.15, -0.1) is 48.8 Å². The third-order valence-electron chi connectivity index (χ3n) is 0.114. The first-order valence-corrected chi connectivity index (χ1v) is 1.58. The molecule has 0 heterocycles. The highest BCUT2D eigenvalue weighted by atomic mass is 35.5. The Morgan fingerprint density at radius 2 is 1.44 bits per heavy atom. The molecule has 1 N–H and O–H groups in total. The molecule has 0 rings (SSSR count). The summed E-state index contributed by atoms with van der Waals surface area (Å²) in [5, 5.41) is 7.59. The van der Waals surface area contributed by atoms with Crippen molar-refractivity contribution in [3.8, 4) is 0 Å². The highest BCUT2D eigenvalue weighted by Gasteiger charge is 1.83. The summed E-state index contributed by atoms with van der Waals surface area (Å²) in [4.78, 5) is 9.24. The van der Waals surface area contributed by atoms with Gasteiger partial charge in [0, 0.05) is 0 Å². The quantitative estimate of drug-likeness (QED) is 0.510. The van der Waals surface area contributed by atoms with Gasteiger partial charge in [-0.3, -0.25) is 4.79 Å². The highest BCUT2D eigenvalue weighted by molar-refractivity contribution is 6.26. The maximum atomic E-state index is 9.24. The zero-order valence-electron chi connectivity index (χ0n) is 3.67. The van der Waals surface area contributed by atoms with Crippen molar-refractivity contribution in [2.75, 3.05) is 5.88 Å². The SMILES string of the molecule is B.Cl.Cl.Cl.O=C(O)CCl. The van der Waals surface area contributed by atoms with Crippen LogP contribution in [0.4, 0.5) is 0 Å². The lowest BCUT2D eigenvalue weighted by molar-refractivity contribution is -0.134. The van der Waals surface area contributed by atoms with Gasteiger partial charge in [0.1, 0.15) is 5.88 Å². The van der Waals surface area contributed by atoms with Crippen LogP contribution in [-0.2, 0) is 4.79 Å². The van der Waals surface area contributed by atoms with Crippen molar-refractivity contribution in [3.63, 3.8) is 0 Å². The van der Waals surface area contributed by atoms with E-state index in [1.165, 1.54) is 0 Å². The smallest absolute Gasteiger partial charge is 0.318 e. The fourth-order valence-corrected chi connectivity index (χ4v) is 0. The fourth-order valence-electron chi connectivity index (χ4n) is 0. The molecule has 0 amide bonds. The number of rotatable bonds is 1. The molecule has 0 saturated carbocycles. The van der Waals surface area contributed by atoms with E-state index in [1.807, 2.05) is 0 Å². The van der Waals surface area contributed by atoms with Gasteiger partial charge in [-0.25, -0.2) is 0 Å². The van der Waals surface area contributed by atoms with Crippen LogP contribution in [-0.4, -0.2) is 25.4 Å². The lowest BCUT2D eigenvalue weighted by Crippen LogP contribution is -1.92. The summed E-state index contributed by atoms with van der Waals surface area (Å²) >= 11 is 4.74. The Balaban J connectivity index is -0.0000000133. The zero-order chi connectivity index (χ0) is 4.28. The third kappa shape index (κ3) is 53.7. The second-order valence-electron chi connectivity index (χ2n) is 0.527. The van der Waals surface area contributed by atoms with Crippen LogP contribution in [0.2, 0.25) is 0 Å². The highest BCUT2D eigenvalue weighted by Crippen LogP contribution is 1.67. The molecular formula is C2H9BCl4O2. The molecule has 0 aromatic rings. The molecule has 0 unspecified atom stereocenters. The number of carboxylic acids is 1. The summed E-state index contributed by atoms with van der Waals surface area (Å²) in [5.74, 6) is -1.29. The maximum absolute atomic E-state index is 9.24. The minimum atomic E-state index is -0.980. The minimum absolute atomic E-state index is 0. The van der Waals surface area contributed by atoms with Gasteiger partial charge >= 0.3 is 5.97 Å². The van der Waals surface area contributed by atoms with Crippen LogP contribution in [0, 0.1) is 0 Å². The maximum Gasteiger partial charge on any atom is 0.318 e. The van der Waals surface area contributed by atoms with E-state index in [9.17, 15) is 4.79 Å². The standard InChI is InChI=1S/C2H3ClO2.BH3.3ClH/c3-1-2(4)5;;;;/h1H2,(H,4,5);1H3;3*1H. The van der Waals surface area contributed by atoms with Gasteiger partial charge in [0.05, 0.1) is 8.41 Å². The van der Waals surface area contributed by atoms with Crippen LogP contribution in [0.5, 0.6) is 0 Å². The molecule has 0 saturated heterocycles. The van der Waals surface area contributed by atoms with Crippen LogP contribution in [0.25, 0.3) is 0 Å². The Bertz CT molecular complexity index is 51.8. The summed E-state index contributed by atoms with van der Waals surface area (Å²) in [7, 11) is 0. The van der Waals surface area contributed by atoms with Crippen LogP contribution < -0.4 is 0 Å². The Morgan fingerprint density at radius 3 is 1.44 bits per heavy atom. The average Bonchev–Trinajstić information content (AvgIpc) is 1.38. The predicted octanol–water partition coefficient (Wildman–Crippen LogP) is 0.391. The predicted molar refractivity (Wildman–Crippen MR) is 50.0 cm³/mol. The van der Waals surface area contributed by atoms with Crippen molar-refractivity contribution >= 4 is 63.2 Å². The molecule has 60 valence electrons. The lowest BCUT2D eigenvalue weighted by atomic mass is 10.8. The Kier molecular flexibility index (Phi) is 86.3. The molecular weight excluding hydrogens is 209 g/mol. The summed E-state index contributed by atoms with van der Waals surface area (Å²) in [6.45, 7) is 0. The first kappa shape index (κ1) is 33.3. The van der Waals surface area contributed by atoms with Crippen LogP contribution in [0.15, 0.2) is 0 Å². The molecule has 0 bridgehead atoms. The third-order valence-corrected chi connectivity index (χ3v) is 0.343. The molecule has 0 aliphatic rings. The molecule has 0 aliphatic carbocycles.